The Kier molecular flexibility index (Phi) is 58.2. The van der Waals surface area contributed by atoms with Crippen LogP contribution in [0.1, 0.15) is 342 Å². The highest BCUT2D eigenvalue weighted by Crippen LogP contribution is 2.18. The van der Waals surface area contributed by atoms with E-state index in [1.165, 1.54) is 218 Å². The number of rotatable bonds is 58. The Morgan fingerprint density at radius 1 is 0.282 bits per heavy atom. The van der Waals surface area contributed by atoms with Crippen molar-refractivity contribution in [1.82, 2.24) is 0 Å². The van der Waals surface area contributed by atoms with Crippen LogP contribution in [0.3, 0.4) is 0 Å². The van der Waals surface area contributed by atoms with Gasteiger partial charge in [-0.05, 0) is 57.8 Å². The third-order valence-corrected chi connectivity index (χ3v) is 14.1. The number of hydrogen-bond acceptors (Lipinski definition) is 6. The van der Waals surface area contributed by atoms with Crippen LogP contribution in [0, 0.1) is 0 Å². The monoisotopic (exact) mass is 997 g/mol. The van der Waals surface area contributed by atoms with Crippen LogP contribution in [0.25, 0.3) is 0 Å². The molecule has 0 N–H and O–H groups in total. The van der Waals surface area contributed by atoms with E-state index in [-0.39, 0.29) is 31.1 Å². The fourth-order valence-corrected chi connectivity index (χ4v) is 9.39. The minimum Gasteiger partial charge on any atom is -0.462 e. The van der Waals surface area contributed by atoms with Crippen LogP contribution in [0.2, 0.25) is 0 Å². The molecule has 0 saturated heterocycles. The second kappa shape index (κ2) is 60.2. The minimum absolute atomic E-state index is 0.0760. The lowest BCUT2D eigenvalue weighted by Crippen LogP contribution is -2.30. The first-order valence-corrected chi connectivity index (χ1v) is 31.5. The Balaban J connectivity index is 4.35. The van der Waals surface area contributed by atoms with E-state index < -0.39 is 6.10 Å². The van der Waals surface area contributed by atoms with Crippen LogP contribution in [0.4, 0.5) is 0 Å². The van der Waals surface area contributed by atoms with Crippen molar-refractivity contribution in [1.29, 1.82) is 0 Å². The first kappa shape index (κ1) is 68.6. The number of carbonyl (C=O) groups is 3. The van der Waals surface area contributed by atoms with E-state index >= 15 is 0 Å². The highest BCUT2D eigenvalue weighted by molar-refractivity contribution is 5.71. The molecule has 0 amide bonds. The predicted octanol–water partition coefficient (Wildman–Crippen LogP) is 21.2. The Morgan fingerprint density at radius 2 is 0.507 bits per heavy atom. The summed E-state index contributed by atoms with van der Waals surface area (Å²) < 4.78 is 16.9. The lowest BCUT2D eigenvalue weighted by molar-refractivity contribution is -0.167. The highest BCUT2D eigenvalue weighted by Gasteiger charge is 2.19. The van der Waals surface area contributed by atoms with Gasteiger partial charge in [0, 0.05) is 19.3 Å². The van der Waals surface area contributed by atoms with Gasteiger partial charge in [-0.25, -0.2) is 0 Å². The Bertz CT molecular complexity index is 1190. The van der Waals surface area contributed by atoms with Gasteiger partial charge in [-0.2, -0.15) is 0 Å². The smallest absolute Gasteiger partial charge is 0.306 e. The lowest BCUT2D eigenvalue weighted by Gasteiger charge is -2.18. The van der Waals surface area contributed by atoms with Crippen molar-refractivity contribution in [3.05, 3.63) is 36.5 Å². The molecule has 416 valence electrons. The topological polar surface area (TPSA) is 78.9 Å². The molecule has 0 unspecified atom stereocenters. The van der Waals surface area contributed by atoms with Gasteiger partial charge in [-0.3, -0.25) is 14.4 Å². The highest BCUT2D eigenvalue weighted by atomic mass is 16.6. The quantitative estimate of drug-likeness (QED) is 0.0261. The molecule has 0 rings (SSSR count). The molecule has 0 saturated carbocycles. The van der Waals surface area contributed by atoms with E-state index in [4.69, 9.17) is 14.2 Å². The molecule has 0 aromatic heterocycles. The number of ether oxygens (including phenoxy) is 3. The fourth-order valence-electron chi connectivity index (χ4n) is 9.39. The molecule has 0 heterocycles. The second-order valence-electron chi connectivity index (χ2n) is 21.3. The zero-order valence-corrected chi connectivity index (χ0v) is 47.8. The largest absolute Gasteiger partial charge is 0.462 e. The summed E-state index contributed by atoms with van der Waals surface area (Å²) in [6.45, 7) is 6.66. The van der Waals surface area contributed by atoms with E-state index in [1.54, 1.807) is 0 Å². The van der Waals surface area contributed by atoms with Gasteiger partial charge in [-0.15, -0.1) is 0 Å². The van der Waals surface area contributed by atoms with Gasteiger partial charge >= 0.3 is 17.9 Å². The molecule has 0 aliphatic carbocycles. The first-order valence-electron chi connectivity index (χ1n) is 31.5. The average molecular weight is 998 g/mol. The first-order chi connectivity index (χ1) is 35.0. The molecule has 0 aromatic carbocycles. The van der Waals surface area contributed by atoms with E-state index in [0.29, 0.717) is 19.3 Å². The van der Waals surface area contributed by atoms with Crippen molar-refractivity contribution in [3.63, 3.8) is 0 Å². The van der Waals surface area contributed by atoms with Gasteiger partial charge in [0.2, 0.25) is 0 Å². The van der Waals surface area contributed by atoms with E-state index in [9.17, 15) is 14.4 Å². The van der Waals surface area contributed by atoms with Gasteiger partial charge in [-0.1, -0.05) is 301 Å². The van der Waals surface area contributed by atoms with Gasteiger partial charge in [0.1, 0.15) is 13.2 Å². The SMILES string of the molecule is CCCCC/C=C/C/C=C/C/C=C/CCCCCCC(=O)O[C@H](COC(=O)CCCCCCCCCCCCCCCCCCC)COC(=O)CCCCCCCCCCCCCCCCCCCCC. The van der Waals surface area contributed by atoms with Crippen LogP contribution in [-0.4, -0.2) is 37.2 Å². The van der Waals surface area contributed by atoms with Crippen molar-refractivity contribution >= 4 is 17.9 Å². The summed E-state index contributed by atoms with van der Waals surface area (Å²) in [4.78, 5) is 38.3. The van der Waals surface area contributed by atoms with Crippen LogP contribution >= 0.6 is 0 Å². The maximum absolute atomic E-state index is 12.9. The fraction of sp³-hybridized carbons (Fsp3) is 0.862. The minimum atomic E-state index is -0.781. The van der Waals surface area contributed by atoms with Crippen molar-refractivity contribution < 1.29 is 28.6 Å². The molecular weight excluding hydrogens is 877 g/mol. The normalized spacial score (nSPS) is 12.2. The summed E-state index contributed by atoms with van der Waals surface area (Å²) in [5.74, 6) is -0.873. The number of carbonyl (C=O) groups excluding carboxylic acids is 3. The number of unbranched alkanes of at least 4 members (excludes halogenated alkanes) is 41. The van der Waals surface area contributed by atoms with Crippen molar-refractivity contribution in [2.75, 3.05) is 13.2 Å². The second-order valence-corrected chi connectivity index (χ2v) is 21.3. The summed E-state index contributed by atoms with van der Waals surface area (Å²) in [5.41, 5.74) is 0. The number of hydrogen-bond donors (Lipinski definition) is 0. The molecule has 0 aliphatic rings. The standard InChI is InChI=1S/C65H120O6/c1-4-7-10-13-16-19-22-25-28-31-32-35-37-40-43-46-49-52-55-58-64(67)70-61-62(71-65(68)59-56-53-50-47-44-41-38-34-30-27-24-21-18-15-12-9-6-3)60-69-63(66)57-54-51-48-45-42-39-36-33-29-26-23-20-17-14-11-8-5-2/h18,21,27,30,38,41,62H,4-17,19-20,22-26,28-29,31-37,39-40,42-61H2,1-3H3/b21-18+,30-27+,41-38+/t62-/m1/s1. The van der Waals surface area contributed by atoms with Crippen molar-refractivity contribution in [3.8, 4) is 0 Å². The molecule has 0 aromatic rings. The van der Waals surface area contributed by atoms with Gasteiger partial charge < -0.3 is 14.2 Å². The van der Waals surface area contributed by atoms with Gasteiger partial charge in [0.25, 0.3) is 0 Å². The summed E-state index contributed by atoms with van der Waals surface area (Å²) in [5, 5.41) is 0. The van der Waals surface area contributed by atoms with Gasteiger partial charge in [0.15, 0.2) is 6.10 Å². The Hall–Kier alpha value is -2.37. The molecule has 0 spiro atoms. The number of esters is 3. The molecule has 6 nitrogen and oxygen atoms in total. The summed E-state index contributed by atoms with van der Waals surface area (Å²) >= 11 is 0. The van der Waals surface area contributed by atoms with Crippen molar-refractivity contribution in [2.24, 2.45) is 0 Å². The maximum Gasteiger partial charge on any atom is 0.306 e. The predicted molar refractivity (Wildman–Crippen MR) is 307 cm³/mol. The van der Waals surface area contributed by atoms with Crippen molar-refractivity contribution in [2.45, 2.75) is 348 Å². The molecule has 0 radical (unpaired) electrons. The Labute approximate surface area is 442 Å². The molecule has 0 bridgehead atoms. The summed E-state index contributed by atoms with van der Waals surface area (Å²) in [6.07, 6.45) is 72.8. The summed E-state index contributed by atoms with van der Waals surface area (Å²) in [6, 6.07) is 0. The zero-order valence-electron chi connectivity index (χ0n) is 47.8. The maximum atomic E-state index is 12.9. The molecule has 1 atom stereocenters. The van der Waals surface area contributed by atoms with Crippen LogP contribution in [-0.2, 0) is 28.6 Å². The van der Waals surface area contributed by atoms with Crippen LogP contribution in [0.15, 0.2) is 36.5 Å². The van der Waals surface area contributed by atoms with Gasteiger partial charge in [0.05, 0.1) is 0 Å². The Morgan fingerprint density at radius 3 is 0.817 bits per heavy atom. The third-order valence-electron chi connectivity index (χ3n) is 14.1. The van der Waals surface area contributed by atoms with Crippen LogP contribution < -0.4 is 0 Å². The third kappa shape index (κ3) is 58.4. The van der Waals surface area contributed by atoms with Crippen LogP contribution in [0.5, 0.6) is 0 Å². The lowest BCUT2D eigenvalue weighted by atomic mass is 10.0. The molecule has 6 heteroatoms. The molecule has 0 fully saturated rings. The number of allylic oxidation sites excluding steroid dienone is 6. The zero-order chi connectivity index (χ0) is 51.4. The van der Waals surface area contributed by atoms with E-state index in [0.717, 1.165) is 83.5 Å². The molecule has 71 heavy (non-hydrogen) atoms. The molecular formula is C65H120O6. The van der Waals surface area contributed by atoms with E-state index in [2.05, 4.69) is 57.2 Å². The average Bonchev–Trinajstić information content (AvgIpc) is 3.37. The van der Waals surface area contributed by atoms with E-state index in [1.807, 2.05) is 0 Å². The molecule has 0 aliphatic heterocycles. The summed E-state index contributed by atoms with van der Waals surface area (Å²) in [7, 11) is 0.